The van der Waals surface area contributed by atoms with Gasteiger partial charge < -0.3 is 5.32 Å². The number of hydrogen-bond acceptors (Lipinski definition) is 1. The summed E-state index contributed by atoms with van der Waals surface area (Å²) in [5, 5.41) is 3.71. The Morgan fingerprint density at radius 1 is 0.850 bits per heavy atom. The van der Waals surface area contributed by atoms with Crippen LogP contribution in [-0.2, 0) is 6.42 Å². The molecule has 5 rings (SSSR count). The maximum absolute atomic E-state index is 4.44. The normalized spacial score (nSPS) is 21.5. The number of nitrogens with one attached hydrogen (secondary N) is 1. The van der Waals surface area contributed by atoms with Crippen molar-refractivity contribution in [3.8, 4) is 0 Å². The number of hydrogen-bond donors (Lipinski definition) is 1. The molecule has 3 aromatic rings. The van der Waals surface area contributed by atoms with Gasteiger partial charge in [-0.05, 0) is 103 Å². The molecular weight excluding hydrogens is 482 g/mol. The van der Waals surface area contributed by atoms with Crippen LogP contribution in [0.1, 0.15) is 124 Å². The minimum absolute atomic E-state index is 0.198. The Kier molecular flexibility index (Phi) is 8.60. The summed E-state index contributed by atoms with van der Waals surface area (Å²) in [4.78, 5) is 0. The molecule has 3 aromatic carbocycles. The summed E-state index contributed by atoms with van der Waals surface area (Å²) in [7, 11) is 0. The highest BCUT2D eigenvalue weighted by Crippen LogP contribution is 2.50. The standard InChI is InChI=1S/C39H51N/c1-28-13-15-34(16-14-28)37(39(6)22-8-7-9-23-39)35-19-17-33(18-20-35)29(2)40-30(3)36-12-10-11-31(26-36)25-32-21-24-38(4,5)27-32/h10-20,26,29,32,37,40H,3,7-9,21-25,27H2,1-2,4-6H3/t29-,32?,37?/m1/s1. The van der Waals surface area contributed by atoms with Gasteiger partial charge in [-0.1, -0.05) is 119 Å². The van der Waals surface area contributed by atoms with E-state index in [4.69, 9.17) is 0 Å². The number of aryl methyl sites for hydroxylation is 1. The monoisotopic (exact) mass is 533 g/mol. The van der Waals surface area contributed by atoms with Gasteiger partial charge in [-0.25, -0.2) is 0 Å². The number of rotatable bonds is 9. The Labute approximate surface area is 244 Å². The molecule has 1 heteroatoms. The molecule has 0 spiro atoms. The predicted octanol–water partition coefficient (Wildman–Crippen LogP) is 10.8. The fourth-order valence-corrected chi connectivity index (χ4v) is 7.78. The molecule has 2 aliphatic rings. The largest absolute Gasteiger partial charge is 0.379 e. The van der Waals surface area contributed by atoms with Crippen LogP contribution in [0, 0.1) is 23.7 Å². The van der Waals surface area contributed by atoms with Crippen molar-refractivity contribution in [1.82, 2.24) is 5.32 Å². The molecule has 2 unspecified atom stereocenters. The fraction of sp³-hybridized carbons (Fsp3) is 0.487. The molecule has 2 saturated carbocycles. The molecule has 2 aliphatic carbocycles. The van der Waals surface area contributed by atoms with Crippen LogP contribution < -0.4 is 5.32 Å². The van der Waals surface area contributed by atoms with Crippen molar-refractivity contribution in [3.05, 3.63) is 113 Å². The van der Waals surface area contributed by atoms with Gasteiger partial charge in [0.15, 0.2) is 0 Å². The summed E-state index contributed by atoms with van der Waals surface area (Å²) >= 11 is 0. The van der Waals surface area contributed by atoms with Crippen LogP contribution in [0.15, 0.2) is 79.4 Å². The minimum Gasteiger partial charge on any atom is -0.379 e. The Morgan fingerprint density at radius 3 is 2.10 bits per heavy atom. The van der Waals surface area contributed by atoms with E-state index in [1.807, 2.05) is 0 Å². The topological polar surface area (TPSA) is 12.0 Å². The molecule has 1 N–H and O–H groups in total. The molecule has 0 aromatic heterocycles. The van der Waals surface area contributed by atoms with Crippen LogP contribution in [0.5, 0.6) is 0 Å². The predicted molar refractivity (Wildman–Crippen MR) is 173 cm³/mol. The van der Waals surface area contributed by atoms with Crippen molar-refractivity contribution in [2.75, 3.05) is 0 Å². The summed E-state index contributed by atoms with van der Waals surface area (Å²) in [5.41, 5.74) is 10.0. The van der Waals surface area contributed by atoms with Crippen LogP contribution in [0.2, 0.25) is 0 Å². The van der Waals surface area contributed by atoms with Gasteiger partial charge in [-0.3, -0.25) is 0 Å². The third-order valence-corrected chi connectivity index (χ3v) is 10.1. The van der Waals surface area contributed by atoms with Crippen LogP contribution in [0.4, 0.5) is 0 Å². The average Bonchev–Trinajstić information content (AvgIpc) is 3.28. The molecule has 3 atom stereocenters. The van der Waals surface area contributed by atoms with Gasteiger partial charge in [0.1, 0.15) is 0 Å². The fourth-order valence-electron chi connectivity index (χ4n) is 7.78. The summed E-state index contributed by atoms with van der Waals surface area (Å²) in [6, 6.07) is 28.0. The van der Waals surface area contributed by atoms with E-state index in [0.717, 1.165) is 11.6 Å². The Bertz CT molecular complexity index is 1270. The van der Waals surface area contributed by atoms with E-state index in [9.17, 15) is 0 Å². The summed E-state index contributed by atoms with van der Waals surface area (Å²) in [6.07, 6.45) is 11.9. The molecule has 0 saturated heterocycles. The van der Waals surface area contributed by atoms with E-state index in [1.165, 1.54) is 91.2 Å². The average molecular weight is 534 g/mol. The minimum atomic E-state index is 0.198. The van der Waals surface area contributed by atoms with Crippen molar-refractivity contribution in [2.45, 2.75) is 104 Å². The van der Waals surface area contributed by atoms with Gasteiger partial charge in [-0.15, -0.1) is 0 Å². The van der Waals surface area contributed by atoms with Crippen LogP contribution in [-0.4, -0.2) is 0 Å². The van der Waals surface area contributed by atoms with E-state index in [0.29, 0.717) is 16.7 Å². The SMILES string of the molecule is C=C(N[C@H](C)c1ccc(C(c2ccc(C)cc2)C2(C)CCCCC2)cc1)c1cccc(CC2CCC(C)(C)C2)c1. The Balaban J connectivity index is 1.28. The van der Waals surface area contributed by atoms with Crippen LogP contribution >= 0.6 is 0 Å². The summed E-state index contributed by atoms with van der Waals surface area (Å²) in [5.74, 6) is 1.25. The molecule has 0 bridgehead atoms. The zero-order valence-corrected chi connectivity index (χ0v) is 25.7. The second-order valence-electron chi connectivity index (χ2n) is 14.2. The van der Waals surface area contributed by atoms with Crippen molar-refractivity contribution in [2.24, 2.45) is 16.7 Å². The zero-order valence-electron chi connectivity index (χ0n) is 25.7. The first-order valence-electron chi connectivity index (χ1n) is 15.8. The van der Waals surface area contributed by atoms with E-state index >= 15 is 0 Å². The summed E-state index contributed by atoms with van der Waals surface area (Å²) in [6.45, 7) is 16.2. The van der Waals surface area contributed by atoms with Gasteiger partial charge in [-0.2, -0.15) is 0 Å². The van der Waals surface area contributed by atoms with E-state index in [2.05, 4.69) is 119 Å². The lowest BCUT2D eigenvalue weighted by atomic mass is 9.63. The molecule has 0 amide bonds. The third-order valence-electron chi connectivity index (χ3n) is 10.1. The van der Waals surface area contributed by atoms with Gasteiger partial charge in [0.05, 0.1) is 0 Å². The molecule has 212 valence electrons. The molecule has 1 nitrogen and oxygen atoms in total. The maximum Gasteiger partial charge on any atom is 0.0485 e. The quantitative estimate of drug-likeness (QED) is 0.288. The second-order valence-corrected chi connectivity index (χ2v) is 14.2. The lowest BCUT2D eigenvalue weighted by molar-refractivity contribution is 0.187. The summed E-state index contributed by atoms with van der Waals surface area (Å²) < 4.78 is 0. The molecule has 0 aliphatic heterocycles. The molecule has 40 heavy (non-hydrogen) atoms. The maximum atomic E-state index is 4.44. The molecule has 0 heterocycles. The smallest absolute Gasteiger partial charge is 0.0485 e. The van der Waals surface area contributed by atoms with Crippen molar-refractivity contribution >= 4 is 5.70 Å². The first kappa shape index (κ1) is 28.7. The molecular formula is C39H51N. The molecule has 0 radical (unpaired) electrons. The van der Waals surface area contributed by atoms with Gasteiger partial charge in [0.2, 0.25) is 0 Å². The van der Waals surface area contributed by atoms with Gasteiger partial charge in [0, 0.05) is 17.7 Å². The highest BCUT2D eigenvalue weighted by Gasteiger charge is 2.37. The Morgan fingerprint density at radius 2 is 1.48 bits per heavy atom. The highest BCUT2D eigenvalue weighted by molar-refractivity contribution is 5.62. The van der Waals surface area contributed by atoms with Crippen LogP contribution in [0.25, 0.3) is 5.70 Å². The van der Waals surface area contributed by atoms with Crippen molar-refractivity contribution in [3.63, 3.8) is 0 Å². The lowest BCUT2D eigenvalue weighted by Gasteiger charge is -2.41. The number of benzene rings is 3. The first-order valence-corrected chi connectivity index (χ1v) is 15.8. The van der Waals surface area contributed by atoms with E-state index in [-0.39, 0.29) is 6.04 Å². The zero-order chi connectivity index (χ0) is 28.3. The lowest BCUT2D eigenvalue weighted by Crippen LogP contribution is -2.29. The van der Waals surface area contributed by atoms with E-state index in [1.54, 1.807) is 0 Å². The first-order chi connectivity index (χ1) is 19.1. The van der Waals surface area contributed by atoms with Gasteiger partial charge in [0.25, 0.3) is 0 Å². The van der Waals surface area contributed by atoms with Crippen molar-refractivity contribution < 1.29 is 0 Å². The van der Waals surface area contributed by atoms with E-state index < -0.39 is 0 Å². The third kappa shape index (κ3) is 6.73. The second kappa shape index (κ2) is 12.0. The Hall–Kier alpha value is -2.80. The van der Waals surface area contributed by atoms with Crippen molar-refractivity contribution in [1.29, 1.82) is 0 Å². The van der Waals surface area contributed by atoms with Gasteiger partial charge >= 0.3 is 0 Å². The molecule has 2 fully saturated rings. The highest BCUT2D eigenvalue weighted by atomic mass is 14.9. The van der Waals surface area contributed by atoms with Crippen LogP contribution in [0.3, 0.4) is 0 Å².